The van der Waals surface area contributed by atoms with Gasteiger partial charge in [-0.25, -0.2) is 0 Å². The van der Waals surface area contributed by atoms with Crippen molar-refractivity contribution in [1.82, 2.24) is 5.32 Å². The van der Waals surface area contributed by atoms with Crippen molar-refractivity contribution in [1.29, 1.82) is 0 Å². The third kappa shape index (κ3) is 6.80. The Labute approximate surface area is 118 Å². The second-order valence-electron chi connectivity index (χ2n) is 4.64. The fourth-order valence-corrected chi connectivity index (χ4v) is 1.81. The van der Waals surface area contributed by atoms with Gasteiger partial charge in [0.25, 0.3) is 0 Å². The molecular formula is C15H22F3NO. The summed E-state index contributed by atoms with van der Waals surface area (Å²) >= 11 is 0. The molecule has 0 saturated heterocycles. The number of unbranched alkanes of at least 4 members (excludes halogenated alkanes) is 3. The molecule has 1 rings (SSSR count). The van der Waals surface area contributed by atoms with Crippen LogP contribution in [0.1, 0.15) is 38.2 Å². The fourth-order valence-electron chi connectivity index (χ4n) is 1.81. The molecule has 0 fully saturated rings. The molecule has 20 heavy (non-hydrogen) atoms. The highest BCUT2D eigenvalue weighted by Gasteiger charge is 2.29. The van der Waals surface area contributed by atoms with E-state index in [9.17, 15) is 13.2 Å². The molecule has 0 aliphatic rings. The van der Waals surface area contributed by atoms with E-state index in [1.165, 1.54) is 12.1 Å². The molecule has 0 atom stereocenters. The predicted octanol–water partition coefficient (Wildman–Crippen LogP) is 4.25. The lowest BCUT2D eigenvalue weighted by molar-refractivity contribution is -0.137. The molecule has 0 amide bonds. The molecule has 0 aliphatic carbocycles. The summed E-state index contributed by atoms with van der Waals surface area (Å²) in [6, 6.07) is 4.83. The summed E-state index contributed by atoms with van der Waals surface area (Å²) in [6.07, 6.45) is 0.00171. The molecule has 2 nitrogen and oxygen atoms in total. The van der Waals surface area contributed by atoms with Gasteiger partial charge in [0.2, 0.25) is 0 Å². The Morgan fingerprint density at radius 3 is 2.25 bits per heavy atom. The Bertz CT molecular complexity index is 362. The van der Waals surface area contributed by atoms with Gasteiger partial charge < -0.3 is 10.1 Å². The van der Waals surface area contributed by atoms with Crippen LogP contribution in [0.2, 0.25) is 0 Å². The first-order valence-electron chi connectivity index (χ1n) is 7.05. The van der Waals surface area contributed by atoms with E-state index in [0.29, 0.717) is 12.4 Å². The molecular weight excluding hydrogens is 267 g/mol. The van der Waals surface area contributed by atoms with Gasteiger partial charge in [0.15, 0.2) is 0 Å². The molecule has 0 radical (unpaired) electrons. The Balaban J connectivity index is 2.13. The Hall–Kier alpha value is -1.23. The van der Waals surface area contributed by atoms with Crippen LogP contribution in [0.25, 0.3) is 0 Å². The largest absolute Gasteiger partial charge is 0.494 e. The average molecular weight is 289 g/mol. The first-order valence-corrected chi connectivity index (χ1v) is 7.05. The summed E-state index contributed by atoms with van der Waals surface area (Å²) in [6.45, 7) is 4.66. The van der Waals surface area contributed by atoms with E-state index in [0.717, 1.165) is 50.9 Å². The minimum atomic E-state index is -4.29. The normalized spacial score (nSPS) is 11.6. The van der Waals surface area contributed by atoms with Crippen LogP contribution in [0.15, 0.2) is 24.3 Å². The van der Waals surface area contributed by atoms with Crippen LogP contribution in [0.5, 0.6) is 5.75 Å². The van der Waals surface area contributed by atoms with Gasteiger partial charge in [-0.05, 0) is 50.2 Å². The number of hydrogen-bond donors (Lipinski definition) is 1. The van der Waals surface area contributed by atoms with Gasteiger partial charge in [-0.15, -0.1) is 0 Å². The zero-order valence-electron chi connectivity index (χ0n) is 11.8. The van der Waals surface area contributed by atoms with Gasteiger partial charge in [-0.2, -0.15) is 13.2 Å². The Morgan fingerprint density at radius 2 is 1.65 bits per heavy atom. The molecule has 0 spiro atoms. The number of alkyl halides is 3. The van der Waals surface area contributed by atoms with E-state index in [-0.39, 0.29) is 0 Å². The predicted molar refractivity (Wildman–Crippen MR) is 74.0 cm³/mol. The summed E-state index contributed by atoms with van der Waals surface area (Å²) in [5.41, 5.74) is -0.645. The van der Waals surface area contributed by atoms with E-state index in [1.54, 1.807) is 0 Å². The van der Waals surface area contributed by atoms with E-state index < -0.39 is 11.7 Å². The van der Waals surface area contributed by atoms with E-state index in [4.69, 9.17) is 4.74 Å². The molecule has 0 bridgehead atoms. The van der Waals surface area contributed by atoms with Crippen molar-refractivity contribution in [2.75, 3.05) is 19.7 Å². The number of ether oxygens (including phenoxy) is 1. The van der Waals surface area contributed by atoms with Crippen LogP contribution in [-0.2, 0) is 6.18 Å². The average Bonchev–Trinajstić information content (AvgIpc) is 2.41. The second kappa shape index (κ2) is 8.84. The highest BCUT2D eigenvalue weighted by Crippen LogP contribution is 2.30. The number of rotatable bonds is 9. The summed E-state index contributed by atoms with van der Waals surface area (Å²) in [4.78, 5) is 0. The summed E-state index contributed by atoms with van der Waals surface area (Å²) in [7, 11) is 0. The lowest BCUT2D eigenvalue weighted by Crippen LogP contribution is -2.13. The van der Waals surface area contributed by atoms with Crippen LogP contribution in [0, 0.1) is 0 Å². The topological polar surface area (TPSA) is 21.3 Å². The zero-order valence-corrected chi connectivity index (χ0v) is 11.8. The van der Waals surface area contributed by atoms with Crippen LogP contribution in [0.3, 0.4) is 0 Å². The molecule has 0 aliphatic heterocycles. The third-order valence-electron chi connectivity index (χ3n) is 2.95. The maximum atomic E-state index is 12.4. The highest BCUT2D eigenvalue weighted by atomic mass is 19.4. The van der Waals surface area contributed by atoms with Crippen molar-refractivity contribution in [3.05, 3.63) is 29.8 Å². The minimum absolute atomic E-state index is 0.491. The summed E-state index contributed by atoms with van der Waals surface area (Å²) in [5.74, 6) is 0.491. The molecule has 1 N–H and O–H groups in total. The quantitative estimate of drug-likeness (QED) is 0.686. The van der Waals surface area contributed by atoms with Crippen molar-refractivity contribution in [2.24, 2.45) is 0 Å². The molecule has 5 heteroatoms. The van der Waals surface area contributed by atoms with Crippen molar-refractivity contribution >= 4 is 0 Å². The van der Waals surface area contributed by atoms with Crippen LogP contribution in [-0.4, -0.2) is 19.7 Å². The molecule has 1 aromatic carbocycles. The monoisotopic (exact) mass is 289 g/mol. The smallest absolute Gasteiger partial charge is 0.416 e. The molecule has 0 unspecified atom stereocenters. The van der Waals surface area contributed by atoms with Crippen molar-refractivity contribution in [2.45, 2.75) is 38.8 Å². The molecule has 0 aromatic heterocycles. The number of halogens is 3. The number of benzene rings is 1. The maximum absolute atomic E-state index is 12.4. The van der Waals surface area contributed by atoms with Gasteiger partial charge in [0.1, 0.15) is 5.75 Å². The number of nitrogens with one attached hydrogen (secondary N) is 1. The van der Waals surface area contributed by atoms with Crippen molar-refractivity contribution < 1.29 is 17.9 Å². The van der Waals surface area contributed by atoms with Gasteiger partial charge in [0, 0.05) is 0 Å². The minimum Gasteiger partial charge on any atom is -0.494 e. The van der Waals surface area contributed by atoms with Crippen molar-refractivity contribution in [3.8, 4) is 5.75 Å². The van der Waals surface area contributed by atoms with Gasteiger partial charge in [0.05, 0.1) is 12.2 Å². The van der Waals surface area contributed by atoms with Crippen LogP contribution >= 0.6 is 0 Å². The van der Waals surface area contributed by atoms with Gasteiger partial charge >= 0.3 is 6.18 Å². The standard InChI is InChI=1S/C15H22F3NO/c1-2-19-11-5-3-4-6-12-20-14-9-7-13(8-10-14)15(16,17)18/h7-10,19H,2-6,11-12H2,1H3. The van der Waals surface area contributed by atoms with Crippen LogP contribution in [0.4, 0.5) is 13.2 Å². The molecule has 1 aromatic rings. The zero-order chi connectivity index (χ0) is 14.8. The van der Waals surface area contributed by atoms with Gasteiger partial charge in [-0.3, -0.25) is 0 Å². The maximum Gasteiger partial charge on any atom is 0.416 e. The van der Waals surface area contributed by atoms with E-state index in [2.05, 4.69) is 12.2 Å². The summed E-state index contributed by atoms with van der Waals surface area (Å²) < 4.78 is 42.5. The van der Waals surface area contributed by atoms with Crippen molar-refractivity contribution in [3.63, 3.8) is 0 Å². The Morgan fingerprint density at radius 1 is 1.00 bits per heavy atom. The second-order valence-corrected chi connectivity index (χ2v) is 4.64. The SMILES string of the molecule is CCNCCCCCCOc1ccc(C(F)(F)F)cc1. The first-order chi connectivity index (χ1) is 9.54. The Kier molecular flexibility index (Phi) is 7.44. The third-order valence-corrected chi connectivity index (χ3v) is 2.95. The fraction of sp³-hybridized carbons (Fsp3) is 0.600. The highest BCUT2D eigenvalue weighted by molar-refractivity contribution is 5.28. The van der Waals surface area contributed by atoms with E-state index in [1.807, 2.05) is 0 Å². The number of hydrogen-bond acceptors (Lipinski definition) is 2. The van der Waals surface area contributed by atoms with Gasteiger partial charge in [-0.1, -0.05) is 19.8 Å². The summed E-state index contributed by atoms with van der Waals surface area (Å²) in [5, 5.41) is 3.26. The lowest BCUT2D eigenvalue weighted by atomic mass is 10.2. The molecule has 0 heterocycles. The molecule has 114 valence electrons. The molecule has 0 saturated carbocycles. The first kappa shape index (κ1) is 16.8. The lowest BCUT2D eigenvalue weighted by Gasteiger charge is -2.09. The van der Waals surface area contributed by atoms with E-state index >= 15 is 0 Å². The van der Waals surface area contributed by atoms with Crippen LogP contribution < -0.4 is 10.1 Å².